The lowest BCUT2D eigenvalue weighted by Gasteiger charge is -2.11. The molecule has 0 atom stereocenters. The molecule has 2 nitrogen and oxygen atoms in total. The molecule has 1 aromatic carbocycles. The first-order valence-electron chi connectivity index (χ1n) is 5.06. The van der Waals surface area contributed by atoms with Crippen molar-refractivity contribution >= 4 is 23.6 Å². The molecule has 0 saturated carbocycles. The summed E-state index contributed by atoms with van der Waals surface area (Å²) in [6.45, 7) is 1.01. The van der Waals surface area contributed by atoms with Crippen molar-refractivity contribution < 1.29 is 4.42 Å². The summed E-state index contributed by atoms with van der Waals surface area (Å²) in [5.74, 6) is 0.787. The first kappa shape index (κ1) is 10.6. The van der Waals surface area contributed by atoms with Gasteiger partial charge >= 0.3 is 0 Å². The van der Waals surface area contributed by atoms with Crippen molar-refractivity contribution in [1.29, 1.82) is 0 Å². The van der Waals surface area contributed by atoms with Gasteiger partial charge in [-0.05, 0) is 25.1 Å². The number of hydrogen-bond donors (Lipinski definition) is 1. The van der Waals surface area contributed by atoms with Gasteiger partial charge in [-0.15, -0.1) is 0 Å². The van der Waals surface area contributed by atoms with Gasteiger partial charge in [0.15, 0.2) is 0 Å². The Kier molecular flexibility index (Phi) is 3.34. The van der Waals surface area contributed by atoms with Gasteiger partial charge in [-0.25, -0.2) is 0 Å². The number of thiol groups is 1. The molecular weight excluding hydrogens is 206 g/mol. The van der Waals surface area contributed by atoms with Gasteiger partial charge in [-0.1, -0.05) is 18.2 Å². The zero-order chi connectivity index (χ0) is 10.7. The number of rotatable bonds is 4. The first-order chi connectivity index (χ1) is 7.31. The summed E-state index contributed by atoms with van der Waals surface area (Å²) in [5, 5.41) is 1.23. The third kappa shape index (κ3) is 2.36. The summed E-state index contributed by atoms with van der Waals surface area (Å²) in [6.07, 6.45) is 2.87. The lowest BCUT2D eigenvalue weighted by molar-refractivity contribution is 0.398. The van der Waals surface area contributed by atoms with Gasteiger partial charge in [-0.3, -0.25) is 4.90 Å². The molecule has 0 saturated heterocycles. The molecule has 1 heterocycles. The molecule has 0 radical (unpaired) electrons. The van der Waals surface area contributed by atoms with Crippen molar-refractivity contribution in [2.75, 3.05) is 19.5 Å². The van der Waals surface area contributed by atoms with Gasteiger partial charge in [0, 0.05) is 17.8 Å². The Balaban J connectivity index is 2.14. The summed E-state index contributed by atoms with van der Waals surface area (Å²) < 4.78 is 5.48. The van der Waals surface area contributed by atoms with Crippen LogP contribution in [0.15, 0.2) is 34.9 Å². The average Bonchev–Trinajstić information content (AvgIpc) is 2.69. The minimum absolute atomic E-state index is 0.787. The van der Waals surface area contributed by atoms with Crippen molar-refractivity contribution in [3.8, 4) is 0 Å². The molecule has 0 aliphatic rings. The van der Waals surface area contributed by atoms with E-state index in [1.165, 1.54) is 10.9 Å². The fourth-order valence-corrected chi connectivity index (χ4v) is 1.75. The number of likely N-dealkylation sites (N-methyl/N-ethyl adjacent to an activating group) is 1. The molecular formula is C12H15NOS. The molecule has 0 fully saturated rings. The van der Waals surface area contributed by atoms with Crippen LogP contribution in [0.1, 0.15) is 5.56 Å². The van der Waals surface area contributed by atoms with E-state index in [4.69, 9.17) is 4.42 Å². The summed E-state index contributed by atoms with van der Waals surface area (Å²) in [7, 11) is 2.06. The number of fused-ring (bicyclic) bond motifs is 1. The summed E-state index contributed by atoms with van der Waals surface area (Å²) >= 11 is 4.22. The maximum atomic E-state index is 5.48. The number of nitrogens with zero attached hydrogens (tertiary/aromatic N) is 1. The summed E-state index contributed by atoms with van der Waals surface area (Å²) in [4.78, 5) is 2.17. The lowest BCUT2D eigenvalue weighted by atomic mass is 10.1. The maximum absolute atomic E-state index is 5.48. The van der Waals surface area contributed by atoms with E-state index < -0.39 is 0 Å². The molecule has 0 aliphatic carbocycles. The quantitative estimate of drug-likeness (QED) is 0.631. The second-order valence-electron chi connectivity index (χ2n) is 3.73. The van der Waals surface area contributed by atoms with E-state index in [0.717, 1.165) is 24.4 Å². The molecule has 0 aliphatic heterocycles. The van der Waals surface area contributed by atoms with Crippen LogP contribution < -0.4 is 0 Å². The fraction of sp³-hybridized carbons (Fsp3) is 0.333. The molecule has 3 heteroatoms. The SMILES string of the molecule is CN(CS)CCc1coc2ccccc12. The van der Waals surface area contributed by atoms with Crippen LogP contribution in [0.3, 0.4) is 0 Å². The summed E-state index contributed by atoms with van der Waals surface area (Å²) in [5.41, 5.74) is 2.25. The smallest absolute Gasteiger partial charge is 0.134 e. The largest absolute Gasteiger partial charge is 0.464 e. The van der Waals surface area contributed by atoms with Crippen molar-refractivity contribution in [1.82, 2.24) is 4.90 Å². The Morgan fingerprint density at radius 2 is 2.13 bits per heavy atom. The van der Waals surface area contributed by atoms with E-state index in [1.54, 1.807) is 0 Å². The highest BCUT2D eigenvalue weighted by Crippen LogP contribution is 2.20. The van der Waals surface area contributed by atoms with Crippen LogP contribution in [-0.2, 0) is 6.42 Å². The van der Waals surface area contributed by atoms with Crippen LogP contribution in [0.4, 0.5) is 0 Å². The van der Waals surface area contributed by atoms with Crippen molar-refractivity contribution in [3.05, 3.63) is 36.1 Å². The molecule has 0 unspecified atom stereocenters. The minimum Gasteiger partial charge on any atom is -0.464 e. The third-order valence-corrected chi connectivity index (χ3v) is 3.05. The Morgan fingerprint density at radius 1 is 1.33 bits per heavy atom. The Hall–Kier alpha value is -0.930. The standard InChI is InChI=1S/C12H15NOS/c1-13(9-15)7-6-10-8-14-12-5-3-2-4-11(10)12/h2-5,8,15H,6-7,9H2,1H3. The van der Waals surface area contributed by atoms with E-state index in [2.05, 4.69) is 30.6 Å². The number of para-hydroxylation sites is 1. The highest BCUT2D eigenvalue weighted by atomic mass is 32.1. The summed E-state index contributed by atoms with van der Waals surface area (Å²) in [6, 6.07) is 8.15. The van der Waals surface area contributed by atoms with Gasteiger partial charge in [0.1, 0.15) is 5.58 Å². The van der Waals surface area contributed by atoms with Crippen molar-refractivity contribution in [3.63, 3.8) is 0 Å². The van der Waals surface area contributed by atoms with Crippen LogP contribution in [0, 0.1) is 0 Å². The van der Waals surface area contributed by atoms with Crippen LogP contribution in [-0.4, -0.2) is 24.4 Å². The van der Waals surface area contributed by atoms with E-state index in [1.807, 2.05) is 24.5 Å². The molecule has 0 N–H and O–H groups in total. The normalized spacial score (nSPS) is 11.4. The molecule has 0 amide bonds. The van der Waals surface area contributed by atoms with Crippen LogP contribution >= 0.6 is 12.6 Å². The van der Waals surface area contributed by atoms with Gasteiger partial charge in [0.2, 0.25) is 0 Å². The minimum atomic E-state index is 0.787. The highest BCUT2D eigenvalue weighted by Gasteiger charge is 2.05. The predicted octanol–water partition coefficient (Wildman–Crippen LogP) is 2.79. The first-order valence-corrected chi connectivity index (χ1v) is 5.69. The average molecular weight is 221 g/mol. The van der Waals surface area contributed by atoms with E-state index in [-0.39, 0.29) is 0 Å². The van der Waals surface area contributed by atoms with E-state index in [0.29, 0.717) is 0 Å². The second kappa shape index (κ2) is 4.73. The maximum Gasteiger partial charge on any atom is 0.134 e. The van der Waals surface area contributed by atoms with Gasteiger partial charge < -0.3 is 4.42 Å². The van der Waals surface area contributed by atoms with E-state index >= 15 is 0 Å². The second-order valence-corrected chi connectivity index (χ2v) is 4.01. The number of furan rings is 1. The van der Waals surface area contributed by atoms with Crippen LogP contribution in [0.5, 0.6) is 0 Å². The van der Waals surface area contributed by atoms with Crippen LogP contribution in [0.25, 0.3) is 11.0 Å². The Morgan fingerprint density at radius 3 is 2.93 bits per heavy atom. The predicted molar refractivity (Wildman–Crippen MR) is 66.4 cm³/mol. The zero-order valence-corrected chi connectivity index (χ0v) is 9.71. The Labute approximate surface area is 95.3 Å². The molecule has 2 aromatic rings. The third-order valence-electron chi connectivity index (χ3n) is 2.57. The topological polar surface area (TPSA) is 16.4 Å². The monoisotopic (exact) mass is 221 g/mol. The molecule has 2 rings (SSSR count). The van der Waals surface area contributed by atoms with Crippen molar-refractivity contribution in [2.24, 2.45) is 0 Å². The van der Waals surface area contributed by atoms with Crippen LogP contribution in [0.2, 0.25) is 0 Å². The highest BCUT2D eigenvalue weighted by molar-refractivity contribution is 7.80. The fourth-order valence-electron chi connectivity index (χ4n) is 1.61. The van der Waals surface area contributed by atoms with Gasteiger partial charge in [-0.2, -0.15) is 12.6 Å². The number of hydrogen-bond acceptors (Lipinski definition) is 3. The Bertz CT molecular complexity index is 438. The van der Waals surface area contributed by atoms with Crippen molar-refractivity contribution in [2.45, 2.75) is 6.42 Å². The molecule has 15 heavy (non-hydrogen) atoms. The number of benzene rings is 1. The molecule has 0 bridgehead atoms. The van der Waals surface area contributed by atoms with E-state index in [9.17, 15) is 0 Å². The molecule has 1 aromatic heterocycles. The molecule has 80 valence electrons. The van der Waals surface area contributed by atoms with Gasteiger partial charge in [0.25, 0.3) is 0 Å². The van der Waals surface area contributed by atoms with Gasteiger partial charge in [0.05, 0.1) is 6.26 Å². The zero-order valence-electron chi connectivity index (χ0n) is 8.81. The molecule has 0 spiro atoms. The lowest BCUT2D eigenvalue weighted by Crippen LogP contribution is -2.19.